The van der Waals surface area contributed by atoms with Crippen LogP contribution in [-0.4, -0.2) is 47.4 Å². The summed E-state index contributed by atoms with van der Waals surface area (Å²) >= 11 is 5.45. The van der Waals surface area contributed by atoms with Crippen LogP contribution in [0, 0.1) is 5.92 Å². The van der Waals surface area contributed by atoms with Gasteiger partial charge in [-0.1, -0.05) is 25.1 Å². The number of rotatable bonds is 6. The predicted octanol–water partition coefficient (Wildman–Crippen LogP) is 3.97. The molecule has 0 spiro atoms. The van der Waals surface area contributed by atoms with E-state index in [4.69, 9.17) is 26.7 Å². The quantitative estimate of drug-likeness (QED) is 0.671. The van der Waals surface area contributed by atoms with Crippen molar-refractivity contribution in [3.63, 3.8) is 0 Å². The maximum atomic E-state index is 6.00. The molecule has 3 heterocycles. The Morgan fingerprint density at radius 3 is 2.87 bits per heavy atom. The Labute approximate surface area is 183 Å². The van der Waals surface area contributed by atoms with Crippen LogP contribution in [0.15, 0.2) is 36.4 Å². The van der Waals surface area contributed by atoms with Crippen molar-refractivity contribution in [2.45, 2.75) is 38.7 Å². The number of hydrogen-bond acceptors (Lipinski definition) is 6. The summed E-state index contributed by atoms with van der Waals surface area (Å²) < 4.78 is 11.6. The van der Waals surface area contributed by atoms with E-state index in [1.165, 1.54) is 6.42 Å². The van der Waals surface area contributed by atoms with Gasteiger partial charge in [0.1, 0.15) is 11.6 Å². The van der Waals surface area contributed by atoms with Crippen LogP contribution in [0.4, 0.5) is 11.8 Å². The van der Waals surface area contributed by atoms with E-state index in [1.807, 2.05) is 36.4 Å². The molecular formula is C22H29N5O2S. The Bertz CT molecular complexity index is 845. The van der Waals surface area contributed by atoms with E-state index < -0.39 is 0 Å². The predicted molar refractivity (Wildman–Crippen MR) is 122 cm³/mol. The van der Waals surface area contributed by atoms with Gasteiger partial charge in [-0.2, -0.15) is 9.97 Å². The zero-order valence-electron chi connectivity index (χ0n) is 17.3. The summed E-state index contributed by atoms with van der Waals surface area (Å²) in [7, 11) is 0. The van der Waals surface area contributed by atoms with Gasteiger partial charge in [0.05, 0.1) is 6.10 Å². The number of para-hydroxylation sites is 1. The summed E-state index contributed by atoms with van der Waals surface area (Å²) in [4.78, 5) is 11.5. The number of anilines is 2. The largest absolute Gasteiger partial charge is 0.439 e. The van der Waals surface area contributed by atoms with Crippen LogP contribution in [0.3, 0.4) is 0 Å². The van der Waals surface area contributed by atoms with Crippen molar-refractivity contribution >= 4 is 29.1 Å². The number of hydrogen-bond donors (Lipinski definition) is 2. The average Bonchev–Trinajstić information content (AvgIpc) is 3.27. The second-order valence-corrected chi connectivity index (χ2v) is 8.37. The Hall–Kier alpha value is -2.45. The molecule has 2 N–H and O–H groups in total. The smallest absolute Gasteiger partial charge is 0.234 e. The SMILES string of the molecule is CC1CCCN(c2cc(Oc3ccccc3)nc(NC(=S)NCC3CCCO3)n2)C1. The highest BCUT2D eigenvalue weighted by atomic mass is 32.1. The molecule has 2 aliphatic rings. The summed E-state index contributed by atoms with van der Waals surface area (Å²) in [6.07, 6.45) is 4.78. The lowest BCUT2D eigenvalue weighted by Gasteiger charge is -2.32. The first-order valence-corrected chi connectivity index (χ1v) is 11.1. The van der Waals surface area contributed by atoms with Crippen LogP contribution < -0.4 is 20.3 Å². The Morgan fingerprint density at radius 2 is 2.10 bits per heavy atom. The average molecular weight is 428 g/mol. The van der Waals surface area contributed by atoms with Crippen molar-refractivity contribution < 1.29 is 9.47 Å². The molecular weight excluding hydrogens is 398 g/mol. The van der Waals surface area contributed by atoms with Gasteiger partial charge < -0.3 is 25.0 Å². The van der Waals surface area contributed by atoms with E-state index in [2.05, 4.69) is 27.4 Å². The maximum absolute atomic E-state index is 6.00. The normalized spacial score (nSPS) is 21.3. The fourth-order valence-corrected chi connectivity index (χ4v) is 4.02. The molecule has 7 nitrogen and oxygen atoms in total. The van der Waals surface area contributed by atoms with Crippen LogP contribution in [0.2, 0.25) is 0 Å². The molecule has 2 aliphatic heterocycles. The van der Waals surface area contributed by atoms with Gasteiger partial charge in [0.2, 0.25) is 11.8 Å². The minimum absolute atomic E-state index is 0.212. The van der Waals surface area contributed by atoms with Gasteiger partial charge in [0.15, 0.2) is 5.11 Å². The highest BCUT2D eigenvalue weighted by Gasteiger charge is 2.20. The van der Waals surface area contributed by atoms with Crippen LogP contribution >= 0.6 is 12.2 Å². The summed E-state index contributed by atoms with van der Waals surface area (Å²) in [5, 5.41) is 6.81. The van der Waals surface area contributed by atoms with Crippen molar-refractivity contribution in [1.82, 2.24) is 15.3 Å². The molecule has 30 heavy (non-hydrogen) atoms. The third-order valence-electron chi connectivity index (χ3n) is 5.38. The van der Waals surface area contributed by atoms with Gasteiger partial charge in [-0.05, 0) is 56.0 Å². The van der Waals surface area contributed by atoms with E-state index in [0.717, 1.165) is 50.5 Å². The van der Waals surface area contributed by atoms with E-state index in [9.17, 15) is 0 Å². The number of aromatic nitrogens is 2. The van der Waals surface area contributed by atoms with E-state index in [0.29, 0.717) is 29.4 Å². The van der Waals surface area contributed by atoms with Gasteiger partial charge in [0.25, 0.3) is 0 Å². The second kappa shape index (κ2) is 10.0. The number of thiocarbonyl (C=S) groups is 1. The van der Waals surface area contributed by atoms with Gasteiger partial charge in [-0.25, -0.2) is 0 Å². The first-order valence-electron chi connectivity index (χ1n) is 10.7. The van der Waals surface area contributed by atoms with Gasteiger partial charge in [-0.3, -0.25) is 0 Å². The highest BCUT2D eigenvalue weighted by Crippen LogP contribution is 2.27. The Morgan fingerprint density at radius 1 is 1.23 bits per heavy atom. The number of benzene rings is 1. The van der Waals surface area contributed by atoms with Crippen LogP contribution in [0.25, 0.3) is 0 Å². The zero-order chi connectivity index (χ0) is 20.8. The molecule has 2 aromatic rings. The third kappa shape index (κ3) is 5.79. The van der Waals surface area contributed by atoms with Gasteiger partial charge >= 0.3 is 0 Å². The van der Waals surface area contributed by atoms with Gasteiger partial charge in [-0.15, -0.1) is 0 Å². The second-order valence-electron chi connectivity index (χ2n) is 7.97. The highest BCUT2D eigenvalue weighted by molar-refractivity contribution is 7.80. The molecule has 0 radical (unpaired) electrons. The van der Waals surface area contributed by atoms with Crippen molar-refractivity contribution in [1.29, 1.82) is 0 Å². The molecule has 0 aliphatic carbocycles. The van der Waals surface area contributed by atoms with E-state index in [1.54, 1.807) is 0 Å². The Balaban J connectivity index is 1.49. The number of ether oxygens (including phenoxy) is 2. The van der Waals surface area contributed by atoms with E-state index in [-0.39, 0.29) is 6.10 Å². The third-order valence-corrected chi connectivity index (χ3v) is 5.62. The topological polar surface area (TPSA) is 71.5 Å². The molecule has 2 fully saturated rings. The lowest BCUT2D eigenvalue weighted by atomic mass is 10.0. The van der Waals surface area contributed by atoms with E-state index >= 15 is 0 Å². The number of piperidine rings is 1. The molecule has 1 aromatic heterocycles. The first-order chi connectivity index (χ1) is 14.7. The van der Waals surface area contributed by atoms with Gasteiger partial charge in [0, 0.05) is 32.3 Å². The molecule has 1 aromatic carbocycles. The summed E-state index contributed by atoms with van der Waals surface area (Å²) in [6.45, 7) is 5.74. The van der Waals surface area contributed by atoms with Crippen LogP contribution in [0.1, 0.15) is 32.6 Å². The molecule has 160 valence electrons. The summed E-state index contributed by atoms with van der Waals surface area (Å²) in [5.74, 6) is 3.15. The van der Waals surface area contributed by atoms with Crippen molar-refractivity contribution in [2.75, 3.05) is 36.5 Å². The monoisotopic (exact) mass is 427 g/mol. The fraction of sp³-hybridized carbons (Fsp3) is 0.500. The first kappa shape index (κ1) is 20.8. The maximum Gasteiger partial charge on any atom is 0.234 e. The van der Waals surface area contributed by atoms with Crippen molar-refractivity contribution in [2.24, 2.45) is 5.92 Å². The lowest BCUT2D eigenvalue weighted by Crippen LogP contribution is -2.36. The lowest BCUT2D eigenvalue weighted by molar-refractivity contribution is 0.114. The number of nitrogens with zero attached hydrogens (tertiary/aromatic N) is 3. The molecule has 2 atom stereocenters. The molecule has 8 heteroatoms. The zero-order valence-corrected chi connectivity index (χ0v) is 18.2. The molecule has 0 amide bonds. The summed E-state index contributed by atoms with van der Waals surface area (Å²) in [6, 6.07) is 11.6. The molecule has 0 bridgehead atoms. The minimum atomic E-state index is 0.212. The molecule has 2 unspecified atom stereocenters. The molecule has 0 saturated carbocycles. The minimum Gasteiger partial charge on any atom is -0.439 e. The van der Waals surface area contributed by atoms with Crippen molar-refractivity contribution in [3.8, 4) is 11.6 Å². The standard InChI is InChI=1S/C22H29N5O2S/c1-16-7-5-11-27(15-16)19-13-20(29-17-8-3-2-4-9-17)25-21(24-19)26-22(30)23-14-18-10-6-12-28-18/h2-4,8-9,13,16,18H,5-7,10-12,14-15H2,1H3,(H2,23,24,25,26,30). The summed E-state index contributed by atoms with van der Waals surface area (Å²) in [5.41, 5.74) is 0. The molecule has 4 rings (SSSR count). The Kier molecular flexibility index (Phi) is 6.96. The fourth-order valence-electron chi connectivity index (χ4n) is 3.85. The molecule has 2 saturated heterocycles. The van der Waals surface area contributed by atoms with Crippen LogP contribution in [-0.2, 0) is 4.74 Å². The van der Waals surface area contributed by atoms with Crippen LogP contribution in [0.5, 0.6) is 11.6 Å². The van der Waals surface area contributed by atoms with Crippen molar-refractivity contribution in [3.05, 3.63) is 36.4 Å². The number of nitrogens with one attached hydrogen (secondary N) is 2.